The van der Waals surface area contributed by atoms with E-state index in [0.717, 1.165) is 28.3 Å². The lowest BCUT2D eigenvalue weighted by Crippen LogP contribution is -2.36. The van der Waals surface area contributed by atoms with Crippen molar-refractivity contribution in [1.29, 1.82) is 0 Å². The van der Waals surface area contributed by atoms with Crippen molar-refractivity contribution < 1.29 is 14.8 Å². The molecule has 2 N–H and O–H groups in total. The van der Waals surface area contributed by atoms with Crippen molar-refractivity contribution in [3.05, 3.63) is 109 Å². The Balaban J connectivity index is 1.56. The Labute approximate surface area is 204 Å². The topological polar surface area (TPSA) is 59.9 Å². The SMILES string of the molecule is OCCN(CCO)c1ccc(N=Cc2ccc3c4ccccc4ccc3[n+]2-c2ccccc2)cc1. The number of aliphatic hydroxyl groups excluding tert-OH is 2. The van der Waals surface area contributed by atoms with Crippen LogP contribution in [-0.4, -0.2) is 42.7 Å². The summed E-state index contributed by atoms with van der Waals surface area (Å²) in [5.74, 6) is 0. The van der Waals surface area contributed by atoms with Crippen molar-refractivity contribution >= 4 is 39.3 Å². The second-order valence-corrected chi connectivity index (χ2v) is 8.36. The number of pyridine rings is 1. The lowest BCUT2D eigenvalue weighted by atomic mass is 10.0. The largest absolute Gasteiger partial charge is 0.395 e. The van der Waals surface area contributed by atoms with Crippen LogP contribution in [0, 0.1) is 0 Å². The highest BCUT2D eigenvalue weighted by Gasteiger charge is 2.18. The molecule has 0 saturated carbocycles. The summed E-state index contributed by atoms with van der Waals surface area (Å²) in [6.45, 7) is 1.03. The number of benzene rings is 4. The van der Waals surface area contributed by atoms with Crippen LogP contribution in [0.4, 0.5) is 11.4 Å². The van der Waals surface area contributed by atoms with Gasteiger partial charge in [-0.1, -0.05) is 42.5 Å². The fourth-order valence-corrected chi connectivity index (χ4v) is 4.50. The minimum absolute atomic E-state index is 0.0383. The van der Waals surface area contributed by atoms with Crippen LogP contribution in [0.1, 0.15) is 5.69 Å². The van der Waals surface area contributed by atoms with Crippen LogP contribution in [0.2, 0.25) is 0 Å². The first-order valence-corrected chi connectivity index (χ1v) is 11.8. The maximum atomic E-state index is 9.29. The van der Waals surface area contributed by atoms with Gasteiger partial charge in [0, 0.05) is 43.0 Å². The Morgan fingerprint density at radius 3 is 2.14 bits per heavy atom. The maximum absolute atomic E-state index is 9.29. The molecule has 4 aromatic carbocycles. The quantitative estimate of drug-likeness (QED) is 0.198. The van der Waals surface area contributed by atoms with E-state index in [1.807, 2.05) is 53.6 Å². The Bertz CT molecular complexity index is 1460. The summed E-state index contributed by atoms with van der Waals surface area (Å²) in [5, 5.41) is 22.2. The summed E-state index contributed by atoms with van der Waals surface area (Å²) >= 11 is 0. The smallest absolute Gasteiger partial charge is 0.230 e. The molecule has 0 radical (unpaired) electrons. The van der Waals surface area contributed by atoms with E-state index in [0.29, 0.717) is 13.1 Å². The molecule has 5 aromatic rings. The van der Waals surface area contributed by atoms with Crippen molar-refractivity contribution in [3.8, 4) is 5.69 Å². The van der Waals surface area contributed by atoms with E-state index in [9.17, 15) is 10.2 Å². The lowest BCUT2D eigenvalue weighted by Gasteiger charge is -2.22. The van der Waals surface area contributed by atoms with Crippen molar-refractivity contribution in [1.82, 2.24) is 0 Å². The highest BCUT2D eigenvalue weighted by Crippen LogP contribution is 2.25. The minimum Gasteiger partial charge on any atom is -0.395 e. The van der Waals surface area contributed by atoms with E-state index in [2.05, 4.69) is 65.2 Å². The van der Waals surface area contributed by atoms with Crippen LogP contribution in [-0.2, 0) is 0 Å². The molecule has 0 saturated heterocycles. The first kappa shape index (κ1) is 22.7. The number of fused-ring (bicyclic) bond motifs is 3. The number of para-hydroxylation sites is 1. The predicted octanol–water partition coefficient (Wildman–Crippen LogP) is 4.81. The van der Waals surface area contributed by atoms with Gasteiger partial charge < -0.3 is 15.1 Å². The number of aromatic nitrogens is 1. The highest BCUT2D eigenvalue weighted by atomic mass is 16.3. The third kappa shape index (κ3) is 4.78. The molecule has 0 aliphatic heterocycles. The van der Waals surface area contributed by atoms with Crippen LogP contribution < -0.4 is 9.47 Å². The number of anilines is 1. The highest BCUT2D eigenvalue weighted by molar-refractivity contribution is 6.05. The molecule has 174 valence electrons. The van der Waals surface area contributed by atoms with E-state index < -0.39 is 0 Å². The van der Waals surface area contributed by atoms with Crippen LogP contribution in [0.25, 0.3) is 27.4 Å². The molecule has 0 bridgehead atoms. The summed E-state index contributed by atoms with van der Waals surface area (Å²) in [6, 6.07) is 35.3. The van der Waals surface area contributed by atoms with Gasteiger partial charge in [0.25, 0.3) is 0 Å². The first-order chi connectivity index (χ1) is 17.3. The Kier molecular flexibility index (Phi) is 6.80. The molecule has 0 fully saturated rings. The Hall–Kier alpha value is -4.06. The average Bonchev–Trinajstić information content (AvgIpc) is 2.92. The van der Waals surface area contributed by atoms with Crippen LogP contribution in [0.3, 0.4) is 0 Å². The van der Waals surface area contributed by atoms with E-state index >= 15 is 0 Å². The number of nitrogens with zero attached hydrogens (tertiary/aromatic N) is 3. The number of aliphatic imine (C=N–C) groups is 1. The molecule has 0 atom stereocenters. The average molecular weight is 463 g/mol. The number of hydrogen-bond acceptors (Lipinski definition) is 4. The van der Waals surface area contributed by atoms with Crippen molar-refractivity contribution in [2.75, 3.05) is 31.2 Å². The van der Waals surface area contributed by atoms with E-state index in [4.69, 9.17) is 4.99 Å². The van der Waals surface area contributed by atoms with Crippen LogP contribution in [0.15, 0.2) is 108 Å². The zero-order valence-electron chi connectivity index (χ0n) is 19.5. The fraction of sp³-hybridized carbons (Fsp3) is 0.133. The summed E-state index contributed by atoms with van der Waals surface area (Å²) in [6.07, 6.45) is 1.90. The van der Waals surface area contributed by atoms with Gasteiger partial charge in [-0.05, 0) is 47.2 Å². The standard InChI is InChI=1S/C30H28N3O2/c34-20-18-32(19-21-35)25-13-11-24(12-14-25)31-22-27-15-16-29-28-9-5-4-6-23(28)10-17-30(29)33(27)26-7-2-1-3-8-26/h1-17,22,34-35H,18-21H2/q+1. The summed E-state index contributed by atoms with van der Waals surface area (Å²) < 4.78 is 2.24. The van der Waals surface area contributed by atoms with Gasteiger partial charge >= 0.3 is 0 Å². The molecular formula is C30H28N3O2+. The summed E-state index contributed by atoms with van der Waals surface area (Å²) in [4.78, 5) is 6.71. The van der Waals surface area contributed by atoms with Gasteiger partial charge in [-0.25, -0.2) is 4.99 Å². The van der Waals surface area contributed by atoms with Gasteiger partial charge in [-0.15, -0.1) is 0 Å². The van der Waals surface area contributed by atoms with Gasteiger partial charge in [0.1, 0.15) is 0 Å². The number of aliphatic hydroxyl groups is 2. The molecule has 0 aliphatic carbocycles. The van der Waals surface area contributed by atoms with E-state index in [1.165, 1.54) is 16.2 Å². The van der Waals surface area contributed by atoms with Crippen LogP contribution in [0.5, 0.6) is 0 Å². The second kappa shape index (κ2) is 10.5. The number of rotatable bonds is 8. The molecule has 5 heteroatoms. The first-order valence-electron chi connectivity index (χ1n) is 11.8. The van der Waals surface area contributed by atoms with Gasteiger partial charge in [-0.2, -0.15) is 4.57 Å². The number of hydrogen-bond donors (Lipinski definition) is 2. The maximum Gasteiger partial charge on any atom is 0.230 e. The van der Waals surface area contributed by atoms with Crippen molar-refractivity contribution in [2.24, 2.45) is 4.99 Å². The molecule has 5 nitrogen and oxygen atoms in total. The Morgan fingerprint density at radius 2 is 1.40 bits per heavy atom. The van der Waals surface area contributed by atoms with Gasteiger partial charge in [0.05, 0.1) is 30.5 Å². The summed E-state index contributed by atoms with van der Waals surface area (Å²) in [7, 11) is 0. The monoisotopic (exact) mass is 462 g/mol. The predicted molar refractivity (Wildman–Crippen MR) is 143 cm³/mol. The van der Waals surface area contributed by atoms with Gasteiger partial charge in [-0.3, -0.25) is 0 Å². The second-order valence-electron chi connectivity index (χ2n) is 8.36. The van der Waals surface area contributed by atoms with Crippen molar-refractivity contribution in [2.45, 2.75) is 0 Å². The van der Waals surface area contributed by atoms with Crippen LogP contribution >= 0.6 is 0 Å². The van der Waals surface area contributed by atoms with E-state index in [1.54, 1.807) is 0 Å². The molecule has 1 heterocycles. The minimum atomic E-state index is 0.0383. The molecule has 5 rings (SSSR count). The zero-order valence-corrected chi connectivity index (χ0v) is 19.5. The molecular weight excluding hydrogens is 434 g/mol. The van der Waals surface area contributed by atoms with Gasteiger partial charge in [0.2, 0.25) is 16.9 Å². The normalized spacial score (nSPS) is 11.5. The van der Waals surface area contributed by atoms with E-state index in [-0.39, 0.29) is 13.2 Å². The Morgan fingerprint density at radius 1 is 0.686 bits per heavy atom. The molecule has 0 aliphatic rings. The summed E-state index contributed by atoms with van der Waals surface area (Å²) in [5.41, 5.74) is 4.96. The molecule has 1 aromatic heterocycles. The van der Waals surface area contributed by atoms with Gasteiger partial charge in [0.15, 0.2) is 0 Å². The molecule has 0 spiro atoms. The third-order valence-corrected chi connectivity index (χ3v) is 6.18. The fourth-order valence-electron chi connectivity index (χ4n) is 4.50. The zero-order chi connectivity index (χ0) is 24.0. The molecule has 35 heavy (non-hydrogen) atoms. The van der Waals surface area contributed by atoms with Crippen molar-refractivity contribution in [3.63, 3.8) is 0 Å². The molecule has 0 unspecified atom stereocenters. The molecule has 0 amide bonds. The third-order valence-electron chi connectivity index (χ3n) is 6.18. The lowest BCUT2D eigenvalue weighted by molar-refractivity contribution is -0.568.